The fourth-order valence-electron chi connectivity index (χ4n) is 5.21. The first kappa shape index (κ1) is 22.9. The van der Waals surface area contributed by atoms with Crippen molar-refractivity contribution in [2.75, 3.05) is 7.11 Å². The lowest BCUT2D eigenvalue weighted by Gasteiger charge is -2.36. The number of hydrogen-bond donors (Lipinski definition) is 1. The van der Waals surface area contributed by atoms with Gasteiger partial charge in [-0.3, -0.25) is 9.69 Å². The largest absolute Gasteiger partial charge is 0.465 e. The Morgan fingerprint density at radius 2 is 1.74 bits per heavy atom. The second-order valence-corrected chi connectivity index (χ2v) is 9.66. The van der Waals surface area contributed by atoms with E-state index in [0.29, 0.717) is 24.1 Å². The van der Waals surface area contributed by atoms with Crippen LogP contribution in [0.2, 0.25) is 0 Å². The summed E-state index contributed by atoms with van der Waals surface area (Å²) in [4.78, 5) is 27.3. The highest BCUT2D eigenvalue weighted by molar-refractivity contribution is 5.89. The van der Waals surface area contributed by atoms with Gasteiger partial charge in [0.25, 0.3) is 0 Å². The van der Waals surface area contributed by atoms with Gasteiger partial charge in [0.1, 0.15) is 0 Å². The molecule has 8 heteroatoms. The predicted molar refractivity (Wildman–Crippen MR) is 119 cm³/mol. The number of carbonyl (C=O) groups is 2. The van der Waals surface area contributed by atoms with Gasteiger partial charge >= 0.3 is 12.1 Å². The first-order valence-electron chi connectivity index (χ1n) is 11.6. The molecule has 3 atom stereocenters. The smallest absolute Gasteiger partial charge is 0.416 e. The lowest BCUT2D eigenvalue weighted by molar-refractivity contribution is -0.137. The zero-order valence-electron chi connectivity index (χ0n) is 18.9. The summed E-state index contributed by atoms with van der Waals surface area (Å²) < 4.78 is 43.5. The van der Waals surface area contributed by atoms with Crippen molar-refractivity contribution in [3.05, 3.63) is 70.8 Å². The predicted octanol–water partition coefficient (Wildman–Crippen LogP) is 4.65. The first-order chi connectivity index (χ1) is 16.2. The van der Waals surface area contributed by atoms with Crippen LogP contribution < -0.4 is 5.32 Å². The number of alkyl halides is 3. The van der Waals surface area contributed by atoms with Gasteiger partial charge in [-0.05, 0) is 73.4 Å². The summed E-state index contributed by atoms with van der Waals surface area (Å²) in [6.45, 7) is 0.457. The molecule has 3 fully saturated rings. The van der Waals surface area contributed by atoms with Crippen LogP contribution in [0, 0.1) is 5.92 Å². The van der Waals surface area contributed by atoms with Crippen molar-refractivity contribution in [2.45, 2.75) is 62.4 Å². The molecule has 2 aromatic carbocycles. The van der Waals surface area contributed by atoms with Crippen LogP contribution in [0.1, 0.15) is 59.2 Å². The Hall–Kier alpha value is -2.87. The molecule has 1 N–H and O–H groups in total. The first-order valence-corrected chi connectivity index (χ1v) is 11.6. The van der Waals surface area contributed by atoms with Crippen molar-refractivity contribution in [1.82, 2.24) is 10.2 Å². The summed E-state index contributed by atoms with van der Waals surface area (Å²) in [6, 6.07) is 12.4. The Morgan fingerprint density at radius 3 is 2.32 bits per heavy atom. The van der Waals surface area contributed by atoms with Crippen LogP contribution in [0.15, 0.2) is 48.5 Å². The highest BCUT2D eigenvalue weighted by Gasteiger charge is 2.52. The van der Waals surface area contributed by atoms with Crippen molar-refractivity contribution >= 4 is 11.9 Å². The van der Waals surface area contributed by atoms with Crippen molar-refractivity contribution in [3.8, 4) is 0 Å². The van der Waals surface area contributed by atoms with Gasteiger partial charge in [0, 0.05) is 12.6 Å². The van der Waals surface area contributed by atoms with E-state index in [9.17, 15) is 22.8 Å². The summed E-state index contributed by atoms with van der Waals surface area (Å²) in [5.41, 5.74) is 1.11. The number of amides is 1. The van der Waals surface area contributed by atoms with Crippen LogP contribution in [-0.2, 0) is 27.8 Å². The third-order valence-corrected chi connectivity index (χ3v) is 7.44. The maximum absolute atomic E-state index is 13.4. The number of nitrogens with zero attached hydrogens (tertiary/aromatic N) is 1. The van der Waals surface area contributed by atoms with Crippen molar-refractivity contribution in [3.63, 3.8) is 0 Å². The van der Waals surface area contributed by atoms with E-state index in [1.807, 2.05) is 12.1 Å². The van der Waals surface area contributed by atoms with Gasteiger partial charge in [-0.25, -0.2) is 4.79 Å². The molecule has 5 nitrogen and oxygen atoms in total. The molecule has 2 aromatic rings. The minimum atomic E-state index is -4.36. The van der Waals surface area contributed by atoms with Crippen LogP contribution in [0.3, 0.4) is 0 Å². The van der Waals surface area contributed by atoms with Gasteiger partial charge in [0.15, 0.2) is 0 Å². The number of hydrogen-bond acceptors (Lipinski definition) is 4. The van der Waals surface area contributed by atoms with Gasteiger partial charge in [-0.1, -0.05) is 24.3 Å². The summed E-state index contributed by atoms with van der Waals surface area (Å²) in [5, 5.41) is 3.25. The van der Waals surface area contributed by atoms with E-state index in [2.05, 4.69) is 10.2 Å². The van der Waals surface area contributed by atoms with E-state index in [-0.39, 0.29) is 11.9 Å². The lowest BCUT2D eigenvalue weighted by atomic mass is 9.98. The maximum Gasteiger partial charge on any atom is 0.416 e. The van der Waals surface area contributed by atoms with Gasteiger partial charge in [0.05, 0.1) is 29.8 Å². The fraction of sp³-hybridized carbons (Fsp3) is 0.462. The van der Waals surface area contributed by atoms with Crippen LogP contribution >= 0.6 is 0 Å². The highest BCUT2D eigenvalue weighted by Crippen LogP contribution is 2.48. The fourth-order valence-corrected chi connectivity index (χ4v) is 5.21. The number of likely N-dealkylation sites (tertiary alicyclic amines) is 1. The normalized spacial score (nSPS) is 25.2. The molecule has 1 amide bonds. The molecule has 0 radical (unpaired) electrons. The molecule has 1 saturated heterocycles. The molecule has 0 bridgehead atoms. The lowest BCUT2D eigenvalue weighted by Crippen LogP contribution is -2.52. The number of esters is 1. The zero-order valence-corrected chi connectivity index (χ0v) is 18.9. The van der Waals surface area contributed by atoms with E-state index in [1.54, 1.807) is 12.1 Å². The molecule has 2 saturated carbocycles. The topological polar surface area (TPSA) is 58.6 Å². The Bertz CT molecular complexity index is 1080. The Kier molecular flexibility index (Phi) is 5.67. The van der Waals surface area contributed by atoms with Crippen molar-refractivity contribution in [1.29, 1.82) is 0 Å². The van der Waals surface area contributed by atoms with E-state index >= 15 is 0 Å². The molecule has 0 spiro atoms. The molecule has 0 aromatic heterocycles. The Labute approximate surface area is 196 Å². The third-order valence-electron chi connectivity index (χ3n) is 7.44. The average Bonchev–Trinajstić information content (AvgIpc) is 3.74. The molecule has 180 valence electrons. The molecule has 2 aliphatic carbocycles. The van der Waals surface area contributed by atoms with Crippen LogP contribution in [0.4, 0.5) is 13.2 Å². The third kappa shape index (κ3) is 4.43. The number of fused-ring (bicyclic) bond motifs is 1. The number of piperidine rings is 1. The molecular formula is C26H27F3N2O3. The minimum Gasteiger partial charge on any atom is -0.465 e. The van der Waals surface area contributed by atoms with Crippen molar-refractivity contribution < 1.29 is 27.5 Å². The average molecular weight is 473 g/mol. The van der Waals surface area contributed by atoms with E-state index in [1.165, 1.54) is 19.2 Å². The highest BCUT2D eigenvalue weighted by atomic mass is 19.4. The van der Waals surface area contributed by atoms with Gasteiger partial charge in [0.2, 0.25) is 5.91 Å². The van der Waals surface area contributed by atoms with Crippen LogP contribution in [0.25, 0.3) is 0 Å². The number of carbonyl (C=O) groups excluding carboxylic acids is 2. The monoisotopic (exact) mass is 472 g/mol. The van der Waals surface area contributed by atoms with Crippen LogP contribution in [-0.4, -0.2) is 36.0 Å². The van der Waals surface area contributed by atoms with Crippen molar-refractivity contribution in [2.24, 2.45) is 5.92 Å². The van der Waals surface area contributed by atoms with E-state index in [4.69, 9.17) is 4.74 Å². The molecular weight excluding hydrogens is 445 g/mol. The number of methoxy groups -OCH3 is 1. The number of benzene rings is 2. The van der Waals surface area contributed by atoms with E-state index in [0.717, 1.165) is 55.4 Å². The van der Waals surface area contributed by atoms with Gasteiger partial charge in [-0.15, -0.1) is 0 Å². The standard InChI is InChI=1S/C26H27F3N2O3/c1-34-24(33)17-4-9-19(10-5-17)25(12-13-25)30-23(32)21-11-6-18-14-22(18)31(21)15-16-2-7-20(8-3-16)26(27,28)29/h2-5,7-10,18,21-22H,6,11-15H2,1H3,(H,30,32)/t18?,21-,22?/m1/s1. The quantitative estimate of drug-likeness (QED) is 0.622. The van der Waals surface area contributed by atoms with Gasteiger partial charge in [-0.2, -0.15) is 13.2 Å². The summed E-state index contributed by atoms with van der Waals surface area (Å²) in [5.74, 6) is 0.131. The molecule has 1 heterocycles. The molecule has 3 aliphatic rings. The second kappa shape index (κ2) is 8.41. The zero-order chi connectivity index (χ0) is 24.1. The molecule has 2 unspecified atom stereocenters. The minimum absolute atomic E-state index is 0.0354. The SMILES string of the molecule is COC(=O)c1ccc(C2(NC(=O)[C@H]3CCC4CC4N3Cc3ccc(C(F)(F)F)cc3)CC2)cc1. The van der Waals surface area contributed by atoms with Crippen LogP contribution in [0.5, 0.6) is 0 Å². The summed E-state index contributed by atoms with van der Waals surface area (Å²) in [7, 11) is 1.34. The number of nitrogens with one attached hydrogen (secondary N) is 1. The summed E-state index contributed by atoms with van der Waals surface area (Å²) in [6.07, 6.45) is 0.0614. The Balaban J connectivity index is 1.29. The molecule has 1 aliphatic heterocycles. The second-order valence-electron chi connectivity index (χ2n) is 9.66. The van der Waals surface area contributed by atoms with E-state index < -0.39 is 23.2 Å². The molecule has 5 rings (SSSR count). The number of rotatable bonds is 6. The number of ether oxygens (including phenoxy) is 1. The Morgan fingerprint density at radius 1 is 1.06 bits per heavy atom. The molecule has 34 heavy (non-hydrogen) atoms. The van der Waals surface area contributed by atoms with Gasteiger partial charge < -0.3 is 10.1 Å². The number of halogens is 3. The summed E-state index contributed by atoms with van der Waals surface area (Å²) >= 11 is 0. The maximum atomic E-state index is 13.4.